The molecule has 0 amide bonds. The van der Waals surface area contributed by atoms with Crippen molar-refractivity contribution in [1.82, 2.24) is 0 Å². The van der Waals surface area contributed by atoms with Crippen LogP contribution in [0, 0.1) is 0 Å². The van der Waals surface area contributed by atoms with Crippen LogP contribution in [0.4, 0.5) is 0 Å². The third-order valence-corrected chi connectivity index (χ3v) is 4.19. The van der Waals surface area contributed by atoms with Gasteiger partial charge in [-0.3, -0.25) is 4.79 Å². The van der Waals surface area contributed by atoms with Crippen LogP contribution in [0.15, 0.2) is 12.1 Å². The Labute approximate surface area is 135 Å². The van der Waals surface area contributed by atoms with E-state index in [9.17, 15) is 15.0 Å². The van der Waals surface area contributed by atoms with Crippen molar-refractivity contribution in [1.29, 1.82) is 0 Å². The van der Waals surface area contributed by atoms with E-state index in [4.69, 9.17) is 9.84 Å². The number of phenolic OH excluding ortho intramolecular Hbond substituents is 1. The highest BCUT2D eigenvalue weighted by Crippen LogP contribution is 2.33. The van der Waals surface area contributed by atoms with Gasteiger partial charge in [-0.2, -0.15) is 11.8 Å². The van der Waals surface area contributed by atoms with Gasteiger partial charge in [-0.25, -0.2) is 0 Å². The van der Waals surface area contributed by atoms with E-state index in [0.29, 0.717) is 29.2 Å². The number of rotatable bonds is 10. The average Bonchev–Trinajstić information content (AvgIpc) is 2.48. The molecule has 0 bridgehead atoms. The second-order valence-corrected chi connectivity index (χ2v) is 6.16. The first-order valence-corrected chi connectivity index (χ1v) is 8.51. The number of phenols is 1. The molecule has 22 heavy (non-hydrogen) atoms. The van der Waals surface area contributed by atoms with E-state index in [1.165, 1.54) is 18.7 Å². The van der Waals surface area contributed by atoms with Gasteiger partial charge in [-0.05, 0) is 25.5 Å². The molecule has 1 aromatic rings. The molecule has 1 rings (SSSR count). The van der Waals surface area contributed by atoms with Crippen LogP contribution < -0.4 is 4.74 Å². The quantitative estimate of drug-likeness (QED) is 0.450. The van der Waals surface area contributed by atoms with Crippen LogP contribution in [-0.2, 0) is 6.42 Å². The first-order chi connectivity index (χ1) is 10.5. The second kappa shape index (κ2) is 9.71. The number of aliphatic hydroxyl groups is 2. The molecule has 0 heterocycles. The molecule has 0 aliphatic rings. The molecule has 1 atom stereocenters. The maximum absolute atomic E-state index is 11.5. The molecule has 6 heteroatoms. The fourth-order valence-electron chi connectivity index (χ4n) is 2.05. The molecule has 1 aromatic carbocycles. The third kappa shape index (κ3) is 5.51. The van der Waals surface area contributed by atoms with E-state index in [2.05, 4.69) is 0 Å². The third-order valence-electron chi connectivity index (χ3n) is 3.10. The Morgan fingerprint density at radius 2 is 2.14 bits per heavy atom. The van der Waals surface area contributed by atoms with Gasteiger partial charge in [0.1, 0.15) is 18.1 Å². The zero-order chi connectivity index (χ0) is 16.5. The minimum atomic E-state index is -0.652. The number of Topliss-reactive ketones (excluding diaryl/α,β-unsaturated/α-hetero) is 1. The van der Waals surface area contributed by atoms with Crippen molar-refractivity contribution in [2.45, 2.75) is 32.8 Å². The predicted octanol–water partition coefficient (Wildman–Crippen LogP) is 2.01. The molecule has 5 nitrogen and oxygen atoms in total. The van der Waals surface area contributed by atoms with E-state index < -0.39 is 6.10 Å². The van der Waals surface area contributed by atoms with Crippen LogP contribution in [-0.4, -0.2) is 51.9 Å². The van der Waals surface area contributed by atoms with Crippen LogP contribution >= 0.6 is 11.8 Å². The summed E-state index contributed by atoms with van der Waals surface area (Å²) in [6.45, 7) is 3.57. The first-order valence-electron chi connectivity index (χ1n) is 7.36. The van der Waals surface area contributed by atoms with Gasteiger partial charge in [-0.1, -0.05) is 13.3 Å². The summed E-state index contributed by atoms with van der Waals surface area (Å²) in [5.74, 6) is 1.32. The molecule has 0 aliphatic heterocycles. The number of aliphatic hydroxyl groups excluding tert-OH is 2. The van der Waals surface area contributed by atoms with Crippen molar-refractivity contribution in [2.75, 3.05) is 24.7 Å². The summed E-state index contributed by atoms with van der Waals surface area (Å²) >= 11 is 1.45. The van der Waals surface area contributed by atoms with E-state index in [1.54, 1.807) is 12.1 Å². The lowest BCUT2D eigenvalue weighted by Gasteiger charge is -2.16. The van der Waals surface area contributed by atoms with Crippen molar-refractivity contribution in [3.8, 4) is 11.5 Å². The zero-order valence-electron chi connectivity index (χ0n) is 13.0. The Bertz CT molecular complexity index is 490. The summed E-state index contributed by atoms with van der Waals surface area (Å²) in [5.41, 5.74) is 0.889. The molecule has 0 aliphatic carbocycles. The van der Waals surface area contributed by atoms with E-state index in [0.717, 1.165) is 6.42 Å². The van der Waals surface area contributed by atoms with Gasteiger partial charge in [0, 0.05) is 17.1 Å². The van der Waals surface area contributed by atoms with Crippen molar-refractivity contribution >= 4 is 17.5 Å². The second-order valence-electron chi connectivity index (χ2n) is 5.01. The maximum atomic E-state index is 11.5. The standard InChI is InChI=1S/C16H24O5S/c1-3-4-14-15(6-5-13(11(2)18)16(14)20)21-9-12(19)10-22-8-7-17/h5-6,12,17,19-20H,3-4,7-10H2,1-2H3. The maximum Gasteiger partial charge on any atom is 0.163 e. The Hall–Kier alpha value is -1.24. The number of ether oxygens (including phenoxy) is 1. The highest BCUT2D eigenvalue weighted by atomic mass is 32.2. The monoisotopic (exact) mass is 328 g/mol. The molecule has 3 N–H and O–H groups in total. The number of ketones is 1. The lowest BCUT2D eigenvalue weighted by Crippen LogP contribution is -2.21. The molecule has 0 spiro atoms. The molecule has 0 aromatic heterocycles. The van der Waals surface area contributed by atoms with E-state index in [1.807, 2.05) is 6.92 Å². The number of benzene rings is 1. The number of carbonyl (C=O) groups excluding carboxylic acids is 1. The number of hydrogen-bond acceptors (Lipinski definition) is 6. The number of carbonyl (C=O) groups is 1. The predicted molar refractivity (Wildman–Crippen MR) is 88.0 cm³/mol. The summed E-state index contributed by atoms with van der Waals surface area (Å²) in [5, 5.41) is 28.7. The number of thioether (sulfide) groups is 1. The van der Waals surface area contributed by atoms with Crippen molar-refractivity contribution in [3.05, 3.63) is 23.3 Å². The highest BCUT2D eigenvalue weighted by Gasteiger charge is 2.16. The fraction of sp³-hybridized carbons (Fsp3) is 0.562. The van der Waals surface area contributed by atoms with Gasteiger partial charge >= 0.3 is 0 Å². The largest absolute Gasteiger partial charge is 0.507 e. The van der Waals surface area contributed by atoms with Crippen LogP contribution in [0.1, 0.15) is 36.2 Å². The lowest BCUT2D eigenvalue weighted by atomic mass is 10.0. The summed E-state index contributed by atoms with van der Waals surface area (Å²) < 4.78 is 5.60. The van der Waals surface area contributed by atoms with Crippen LogP contribution in [0.5, 0.6) is 11.5 Å². The molecule has 0 radical (unpaired) electrons. The summed E-state index contributed by atoms with van der Waals surface area (Å²) in [6, 6.07) is 3.20. The molecular formula is C16H24O5S. The molecule has 0 saturated heterocycles. The minimum absolute atomic E-state index is 0.0315. The molecular weight excluding hydrogens is 304 g/mol. The smallest absolute Gasteiger partial charge is 0.163 e. The zero-order valence-corrected chi connectivity index (χ0v) is 13.9. The minimum Gasteiger partial charge on any atom is -0.507 e. The summed E-state index contributed by atoms with van der Waals surface area (Å²) in [7, 11) is 0. The van der Waals surface area contributed by atoms with Crippen LogP contribution in [0.2, 0.25) is 0 Å². The highest BCUT2D eigenvalue weighted by molar-refractivity contribution is 7.99. The normalized spacial score (nSPS) is 12.2. The van der Waals surface area contributed by atoms with Crippen molar-refractivity contribution in [2.24, 2.45) is 0 Å². The topological polar surface area (TPSA) is 87.0 Å². The van der Waals surface area contributed by atoms with Gasteiger partial charge in [0.15, 0.2) is 5.78 Å². The Kier molecular flexibility index (Phi) is 8.30. The fourth-order valence-corrected chi connectivity index (χ4v) is 2.71. The molecule has 0 fully saturated rings. The SMILES string of the molecule is CCCc1c(OCC(O)CSCCO)ccc(C(C)=O)c1O. The number of hydrogen-bond donors (Lipinski definition) is 3. The van der Waals surface area contributed by atoms with Gasteiger partial charge in [0.2, 0.25) is 0 Å². The Morgan fingerprint density at radius 1 is 1.41 bits per heavy atom. The van der Waals surface area contributed by atoms with Gasteiger partial charge in [-0.15, -0.1) is 0 Å². The van der Waals surface area contributed by atoms with E-state index >= 15 is 0 Å². The van der Waals surface area contributed by atoms with Gasteiger partial charge < -0.3 is 20.1 Å². The van der Waals surface area contributed by atoms with Crippen molar-refractivity contribution in [3.63, 3.8) is 0 Å². The summed E-state index contributed by atoms with van der Waals surface area (Å²) in [6.07, 6.45) is 0.748. The van der Waals surface area contributed by atoms with Crippen molar-refractivity contribution < 1.29 is 24.9 Å². The van der Waals surface area contributed by atoms with Crippen LogP contribution in [0.25, 0.3) is 0 Å². The average molecular weight is 328 g/mol. The molecule has 0 saturated carbocycles. The summed E-state index contributed by atoms with van der Waals surface area (Å²) in [4.78, 5) is 11.5. The Balaban J connectivity index is 2.77. The first kappa shape index (κ1) is 18.8. The molecule has 1 unspecified atom stereocenters. The molecule has 124 valence electrons. The number of aromatic hydroxyl groups is 1. The van der Waals surface area contributed by atoms with Gasteiger partial charge in [0.25, 0.3) is 0 Å². The Morgan fingerprint density at radius 3 is 2.73 bits per heavy atom. The van der Waals surface area contributed by atoms with Gasteiger partial charge in [0.05, 0.1) is 18.3 Å². The van der Waals surface area contributed by atoms with E-state index in [-0.39, 0.29) is 30.3 Å². The lowest BCUT2D eigenvalue weighted by molar-refractivity contribution is 0.101. The van der Waals surface area contributed by atoms with Crippen LogP contribution in [0.3, 0.4) is 0 Å².